The van der Waals surface area contributed by atoms with Crippen molar-refractivity contribution in [2.24, 2.45) is 5.92 Å². The molecule has 45 heavy (non-hydrogen) atoms. The summed E-state index contributed by atoms with van der Waals surface area (Å²) in [6, 6.07) is 18.3. The van der Waals surface area contributed by atoms with E-state index in [9.17, 15) is 14.7 Å². The highest BCUT2D eigenvalue weighted by atomic mass is 16.5. The van der Waals surface area contributed by atoms with Crippen molar-refractivity contribution in [3.8, 4) is 5.75 Å². The van der Waals surface area contributed by atoms with Crippen molar-refractivity contribution in [3.05, 3.63) is 89.7 Å². The van der Waals surface area contributed by atoms with Crippen molar-refractivity contribution in [1.29, 1.82) is 0 Å². The van der Waals surface area contributed by atoms with Crippen molar-refractivity contribution in [3.63, 3.8) is 0 Å². The fraction of sp³-hybridized carbons (Fsp3) is 0.472. The Bertz CT molecular complexity index is 1360. The number of ether oxygens (including phenoxy) is 2. The number of nitrogens with one attached hydrogen (secondary N) is 1. The quantitative estimate of drug-likeness (QED) is 0.341. The molecule has 0 unspecified atom stereocenters. The maximum Gasteiger partial charge on any atom is 0.258 e. The summed E-state index contributed by atoms with van der Waals surface area (Å²) in [5.74, 6) is 0.0145. The molecule has 1 aromatic heterocycles. The van der Waals surface area contributed by atoms with Crippen molar-refractivity contribution in [1.82, 2.24) is 14.8 Å². The van der Waals surface area contributed by atoms with Crippen LogP contribution in [-0.2, 0) is 22.5 Å². The maximum absolute atomic E-state index is 14.3. The van der Waals surface area contributed by atoms with E-state index in [4.69, 9.17) is 9.47 Å². The van der Waals surface area contributed by atoms with Crippen LogP contribution in [0.3, 0.4) is 0 Å². The van der Waals surface area contributed by atoms with E-state index in [1.807, 2.05) is 56.3 Å². The van der Waals surface area contributed by atoms with Gasteiger partial charge in [-0.3, -0.25) is 19.5 Å². The summed E-state index contributed by atoms with van der Waals surface area (Å²) >= 11 is 0. The first-order valence-corrected chi connectivity index (χ1v) is 16.0. The molecule has 0 bridgehead atoms. The molecule has 2 heterocycles. The van der Waals surface area contributed by atoms with Crippen molar-refractivity contribution >= 4 is 17.5 Å². The molecule has 0 radical (unpaired) electrons. The molecule has 1 aliphatic rings. The van der Waals surface area contributed by atoms with Gasteiger partial charge in [-0.25, -0.2) is 0 Å². The highest BCUT2D eigenvalue weighted by Crippen LogP contribution is 2.28. The molecule has 2 aromatic carbocycles. The van der Waals surface area contributed by atoms with E-state index in [1.165, 1.54) is 5.56 Å². The number of carbonyl (C=O) groups excluding carboxylic acids is 2. The van der Waals surface area contributed by atoms with Gasteiger partial charge in [-0.05, 0) is 81.6 Å². The molecule has 4 atom stereocenters. The number of aliphatic hydroxyl groups is 1. The fourth-order valence-corrected chi connectivity index (χ4v) is 5.62. The number of aromatic nitrogens is 1. The van der Waals surface area contributed by atoms with E-state index in [2.05, 4.69) is 29.2 Å². The van der Waals surface area contributed by atoms with Gasteiger partial charge in [0.05, 0.1) is 36.8 Å². The Morgan fingerprint density at radius 3 is 2.58 bits per heavy atom. The van der Waals surface area contributed by atoms with Gasteiger partial charge in [0.2, 0.25) is 5.91 Å². The van der Waals surface area contributed by atoms with Crippen LogP contribution in [0.15, 0.2) is 73.1 Å². The molecule has 9 nitrogen and oxygen atoms in total. The van der Waals surface area contributed by atoms with E-state index >= 15 is 0 Å². The van der Waals surface area contributed by atoms with Crippen LogP contribution in [0.25, 0.3) is 0 Å². The van der Waals surface area contributed by atoms with Crippen LogP contribution in [0.4, 0.5) is 5.69 Å². The number of carbonyl (C=O) groups is 2. The molecule has 0 fully saturated rings. The number of aliphatic hydroxyl groups excluding tert-OH is 1. The number of pyridine rings is 1. The average Bonchev–Trinajstić information content (AvgIpc) is 3.03. The smallest absolute Gasteiger partial charge is 0.258 e. The Labute approximate surface area is 267 Å². The van der Waals surface area contributed by atoms with Gasteiger partial charge in [-0.15, -0.1) is 0 Å². The minimum atomic E-state index is -0.440. The van der Waals surface area contributed by atoms with E-state index in [-0.39, 0.29) is 43.0 Å². The summed E-state index contributed by atoms with van der Waals surface area (Å²) < 4.78 is 12.8. The van der Waals surface area contributed by atoms with Crippen LogP contribution in [0.5, 0.6) is 5.75 Å². The number of hydrogen-bond donors (Lipinski definition) is 2. The Morgan fingerprint density at radius 2 is 1.84 bits per heavy atom. The van der Waals surface area contributed by atoms with Gasteiger partial charge in [0.15, 0.2) is 0 Å². The third-order valence-corrected chi connectivity index (χ3v) is 8.24. The summed E-state index contributed by atoms with van der Waals surface area (Å²) in [5.41, 5.74) is 2.95. The SMILES string of the molecule is C[C@@H]1CN([C@H](C)CO)C(=O)c2cc(NC(=O)Cc3ccccc3)ccc2O[C@@H](C)CCCCO[C@H]1CN(C)Cc1ccncc1. The number of fused-ring (bicyclic) bond motifs is 1. The fourth-order valence-electron chi connectivity index (χ4n) is 5.62. The second-order valence-electron chi connectivity index (χ2n) is 12.3. The van der Waals surface area contributed by atoms with Crippen LogP contribution in [0.2, 0.25) is 0 Å². The number of benzene rings is 2. The normalized spacial score (nSPS) is 20.5. The maximum atomic E-state index is 14.3. The van der Waals surface area contributed by atoms with E-state index < -0.39 is 6.04 Å². The van der Waals surface area contributed by atoms with Gasteiger partial charge >= 0.3 is 0 Å². The first-order chi connectivity index (χ1) is 21.7. The summed E-state index contributed by atoms with van der Waals surface area (Å²) in [6.45, 7) is 8.20. The lowest BCUT2D eigenvalue weighted by molar-refractivity contribution is -0.115. The second kappa shape index (κ2) is 17.1. The van der Waals surface area contributed by atoms with Gasteiger partial charge < -0.3 is 24.8 Å². The molecule has 0 saturated heterocycles. The minimum absolute atomic E-state index is 0.0252. The van der Waals surface area contributed by atoms with E-state index in [0.29, 0.717) is 36.7 Å². The Morgan fingerprint density at radius 1 is 1.09 bits per heavy atom. The predicted molar refractivity (Wildman–Crippen MR) is 176 cm³/mol. The average molecular weight is 617 g/mol. The highest BCUT2D eigenvalue weighted by molar-refractivity contribution is 6.00. The third kappa shape index (κ3) is 10.4. The van der Waals surface area contributed by atoms with Crippen LogP contribution in [0, 0.1) is 5.92 Å². The standard InChI is InChI=1S/C36H48N4O5/c1-26-22-40(27(2)25-41)36(43)32-21-31(38-35(42)20-29-11-6-5-7-12-29)13-14-33(32)45-28(3)10-8-9-19-44-34(26)24-39(4)23-30-15-17-37-18-16-30/h5-7,11-18,21,26-28,34,41H,8-10,19-20,22-25H2,1-4H3,(H,38,42)/t26-,27-,28+,34+/m1/s1. The molecule has 4 rings (SSSR count). The Hall–Kier alpha value is -3.79. The van der Waals surface area contributed by atoms with Crippen molar-refractivity contribution in [2.45, 2.75) is 71.2 Å². The molecule has 3 aromatic rings. The topological polar surface area (TPSA) is 104 Å². The number of amides is 2. The molecule has 0 spiro atoms. The lowest BCUT2D eigenvalue weighted by atomic mass is 10.0. The lowest BCUT2D eigenvalue weighted by Gasteiger charge is -2.36. The third-order valence-electron chi connectivity index (χ3n) is 8.24. The van der Waals surface area contributed by atoms with Gasteiger partial charge in [-0.1, -0.05) is 37.3 Å². The summed E-state index contributed by atoms with van der Waals surface area (Å²) in [4.78, 5) is 35.3. The molecular formula is C36H48N4O5. The van der Waals surface area contributed by atoms with Crippen LogP contribution < -0.4 is 10.1 Å². The minimum Gasteiger partial charge on any atom is -0.490 e. The Kier molecular flexibility index (Phi) is 12.9. The van der Waals surface area contributed by atoms with Crippen LogP contribution >= 0.6 is 0 Å². The molecular weight excluding hydrogens is 568 g/mol. The van der Waals surface area contributed by atoms with E-state index in [1.54, 1.807) is 35.5 Å². The Balaban J connectivity index is 1.59. The van der Waals surface area contributed by atoms with Crippen molar-refractivity contribution in [2.75, 3.05) is 38.7 Å². The molecule has 242 valence electrons. The van der Waals surface area contributed by atoms with Gasteiger partial charge in [0, 0.05) is 50.2 Å². The largest absolute Gasteiger partial charge is 0.490 e. The first-order valence-electron chi connectivity index (χ1n) is 16.0. The molecule has 2 amide bonds. The number of likely N-dealkylation sites (N-methyl/N-ethyl adjacent to an activating group) is 1. The van der Waals surface area contributed by atoms with Gasteiger partial charge in [0.25, 0.3) is 5.91 Å². The highest BCUT2D eigenvalue weighted by Gasteiger charge is 2.30. The van der Waals surface area contributed by atoms with Crippen molar-refractivity contribution < 1.29 is 24.2 Å². The molecule has 0 aliphatic carbocycles. The zero-order chi connectivity index (χ0) is 32.2. The summed E-state index contributed by atoms with van der Waals surface area (Å²) in [7, 11) is 2.07. The molecule has 1 aliphatic heterocycles. The molecule has 0 saturated carbocycles. The predicted octanol–water partition coefficient (Wildman–Crippen LogP) is 5.19. The van der Waals surface area contributed by atoms with Crippen LogP contribution in [-0.4, -0.2) is 83.3 Å². The summed E-state index contributed by atoms with van der Waals surface area (Å²) in [6.07, 6.45) is 6.21. The number of anilines is 1. The van der Waals surface area contributed by atoms with Gasteiger partial charge in [0.1, 0.15) is 5.75 Å². The number of nitrogens with zero attached hydrogens (tertiary/aromatic N) is 3. The van der Waals surface area contributed by atoms with Gasteiger partial charge in [-0.2, -0.15) is 0 Å². The molecule has 9 heteroatoms. The monoisotopic (exact) mass is 616 g/mol. The zero-order valence-electron chi connectivity index (χ0n) is 27.0. The summed E-state index contributed by atoms with van der Waals surface area (Å²) in [5, 5.41) is 13.2. The first kappa shape index (κ1) is 34.1. The lowest BCUT2D eigenvalue weighted by Crippen LogP contribution is -2.47. The second-order valence-corrected chi connectivity index (χ2v) is 12.3. The zero-order valence-corrected chi connectivity index (χ0v) is 27.0. The number of hydrogen-bond acceptors (Lipinski definition) is 7. The molecule has 2 N–H and O–H groups in total. The van der Waals surface area contributed by atoms with E-state index in [0.717, 1.165) is 31.4 Å². The van der Waals surface area contributed by atoms with Crippen LogP contribution in [0.1, 0.15) is 61.5 Å². The number of rotatable bonds is 9.